The second-order valence-corrected chi connectivity index (χ2v) is 7.73. The van der Waals surface area contributed by atoms with Gasteiger partial charge in [0.2, 0.25) is 17.7 Å². The molecule has 0 N–H and O–H groups in total. The third-order valence-electron chi connectivity index (χ3n) is 3.69. The van der Waals surface area contributed by atoms with Crippen LogP contribution in [0.15, 0.2) is 45.9 Å². The van der Waals surface area contributed by atoms with E-state index in [9.17, 15) is 9.59 Å². The molecule has 7 heteroatoms. The van der Waals surface area contributed by atoms with Gasteiger partial charge in [-0.2, -0.15) is 0 Å². The first-order chi connectivity index (χ1) is 11.8. The number of allylic oxidation sites excluding steroid dienone is 1. The Morgan fingerprint density at radius 3 is 2.68 bits per heavy atom. The Bertz CT molecular complexity index is 822. The molecule has 1 aromatic carbocycles. The van der Waals surface area contributed by atoms with E-state index in [4.69, 9.17) is 4.42 Å². The zero-order chi connectivity index (χ0) is 18.0. The Kier molecular flexibility index (Phi) is 4.76. The average Bonchev–Trinajstić information content (AvgIpc) is 3.17. The maximum atomic E-state index is 12.2. The minimum atomic E-state index is -0.490. The van der Waals surface area contributed by atoms with Gasteiger partial charge < -0.3 is 4.42 Å². The highest BCUT2D eigenvalue weighted by Crippen LogP contribution is 2.32. The van der Waals surface area contributed by atoms with Gasteiger partial charge in [-0.3, -0.25) is 14.5 Å². The number of benzene rings is 1. The molecule has 0 unspecified atom stereocenters. The van der Waals surface area contributed by atoms with Crippen LogP contribution in [0.25, 0.3) is 11.5 Å². The van der Waals surface area contributed by atoms with Crippen LogP contribution in [0.2, 0.25) is 0 Å². The molecule has 1 aliphatic heterocycles. The fourth-order valence-electron chi connectivity index (χ4n) is 2.18. The highest BCUT2D eigenvalue weighted by Gasteiger charge is 2.30. The maximum absolute atomic E-state index is 12.2. The van der Waals surface area contributed by atoms with Crippen molar-refractivity contribution in [2.45, 2.75) is 27.3 Å². The van der Waals surface area contributed by atoms with Gasteiger partial charge >= 0.3 is 0 Å². The van der Waals surface area contributed by atoms with Gasteiger partial charge in [0.15, 0.2) is 5.78 Å². The molecule has 130 valence electrons. The molecule has 1 amide bonds. The van der Waals surface area contributed by atoms with E-state index < -0.39 is 5.41 Å². The predicted octanol–water partition coefficient (Wildman–Crippen LogP) is 3.27. The van der Waals surface area contributed by atoms with Crippen LogP contribution in [0.5, 0.6) is 0 Å². The van der Waals surface area contributed by atoms with Crippen LogP contribution in [0.3, 0.4) is 0 Å². The van der Waals surface area contributed by atoms with Gasteiger partial charge in [-0.1, -0.05) is 50.7 Å². The number of amides is 1. The average molecular weight is 357 g/mol. The third-order valence-corrected chi connectivity index (χ3v) is 4.71. The molecule has 0 spiro atoms. The summed E-state index contributed by atoms with van der Waals surface area (Å²) in [6, 6.07) is 9.44. The number of rotatable bonds is 4. The lowest BCUT2D eigenvalue weighted by molar-refractivity contribution is -0.126. The molecule has 1 fully saturated rings. The van der Waals surface area contributed by atoms with Gasteiger partial charge in [0.25, 0.3) is 0 Å². The first kappa shape index (κ1) is 17.4. The highest BCUT2D eigenvalue weighted by molar-refractivity contribution is 8.04. The Hall–Kier alpha value is -2.41. The van der Waals surface area contributed by atoms with E-state index >= 15 is 0 Å². The molecule has 1 saturated heterocycles. The first-order valence-electron chi connectivity index (χ1n) is 7.92. The molecule has 6 nitrogen and oxygen atoms in total. The minimum absolute atomic E-state index is 0.0230. The summed E-state index contributed by atoms with van der Waals surface area (Å²) in [6.45, 7) is 5.71. The van der Waals surface area contributed by atoms with E-state index in [1.807, 2.05) is 51.1 Å². The molecular weight excluding hydrogens is 338 g/mol. The van der Waals surface area contributed by atoms with Gasteiger partial charge in [0.1, 0.15) is 6.54 Å². The summed E-state index contributed by atoms with van der Waals surface area (Å²) in [7, 11) is 0. The number of carbonyl (C=O) groups is 2. The first-order valence-corrected chi connectivity index (χ1v) is 8.90. The lowest BCUT2D eigenvalue weighted by Crippen LogP contribution is -2.26. The van der Waals surface area contributed by atoms with Crippen LogP contribution >= 0.6 is 11.8 Å². The molecule has 2 heterocycles. The number of ketones is 1. The Morgan fingerprint density at radius 2 is 2.00 bits per heavy atom. The molecule has 0 bridgehead atoms. The maximum Gasteiger partial charge on any atom is 0.247 e. The van der Waals surface area contributed by atoms with Crippen molar-refractivity contribution in [1.29, 1.82) is 0 Å². The highest BCUT2D eigenvalue weighted by atomic mass is 32.2. The van der Waals surface area contributed by atoms with Crippen LogP contribution < -0.4 is 0 Å². The van der Waals surface area contributed by atoms with Gasteiger partial charge in [-0.15, -0.1) is 10.2 Å². The molecule has 1 aliphatic rings. The molecular formula is C18H19N3O3S. The van der Waals surface area contributed by atoms with Gasteiger partial charge in [0.05, 0.1) is 10.8 Å². The van der Waals surface area contributed by atoms with E-state index in [1.54, 1.807) is 0 Å². The zero-order valence-electron chi connectivity index (χ0n) is 14.4. The monoisotopic (exact) mass is 357 g/mol. The summed E-state index contributed by atoms with van der Waals surface area (Å²) in [6.07, 6.45) is 1.53. The number of nitrogens with zero attached hydrogens (tertiary/aromatic N) is 3. The molecule has 0 radical (unpaired) electrons. The molecule has 0 saturated carbocycles. The van der Waals surface area contributed by atoms with E-state index in [-0.39, 0.29) is 18.2 Å². The SMILES string of the molecule is CC(C)(C)C(=O)/C=C1\SCC(=O)N1Cc1nnc(-c2ccccc2)o1. The van der Waals surface area contributed by atoms with Crippen molar-refractivity contribution in [3.63, 3.8) is 0 Å². The minimum Gasteiger partial charge on any atom is -0.419 e. The van der Waals surface area contributed by atoms with Crippen molar-refractivity contribution < 1.29 is 14.0 Å². The zero-order valence-corrected chi connectivity index (χ0v) is 15.2. The van der Waals surface area contributed by atoms with Gasteiger partial charge in [-0.05, 0) is 12.1 Å². The van der Waals surface area contributed by atoms with Crippen LogP contribution in [0.1, 0.15) is 26.7 Å². The smallest absolute Gasteiger partial charge is 0.247 e. The van der Waals surface area contributed by atoms with Crippen molar-refractivity contribution in [1.82, 2.24) is 15.1 Å². The topological polar surface area (TPSA) is 76.3 Å². The molecule has 25 heavy (non-hydrogen) atoms. The normalized spacial score (nSPS) is 16.7. The lowest BCUT2D eigenvalue weighted by Gasteiger charge is -2.17. The number of hydrogen-bond acceptors (Lipinski definition) is 6. The summed E-state index contributed by atoms with van der Waals surface area (Å²) in [5.74, 6) is 0.959. The predicted molar refractivity (Wildman–Crippen MR) is 95.3 cm³/mol. The molecule has 2 aromatic rings. The lowest BCUT2D eigenvalue weighted by atomic mass is 9.91. The molecule has 3 rings (SSSR count). The van der Waals surface area contributed by atoms with Crippen molar-refractivity contribution in [2.24, 2.45) is 5.41 Å². The fraction of sp³-hybridized carbons (Fsp3) is 0.333. The fourth-order valence-corrected chi connectivity index (χ4v) is 3.12. The van der Waals surface area contributed by atoms with Crippen LogP contribution in [0, 0.1) is 5.41 Å². The summed E-state index contributed by atoms with van der Waals surface area (Å²) in [4.78, 5) is 25.9. The van der Waals surface area contributed by atoms with Gasteiger partial charge in [0, 0.05) is 17.1 Å². The largest absolute Gasteiger partial charge is 0.419 e. The second-order valence-electron chi connectivity index (χ2n) is 6.73. The van der Waals surface area contributed by atoms with Crippen molar-refractivity contribution in [3.05, 3.63) is 47.3 Å². The van der Waals surface area contributed by atoms with E-state index in [2.05, 4.69) is 10.2 Å². The third kappa shape index (κ3) is 3.99. The Morgan fingerprint density at radius 1 is 1.28 bits per heavy atom. The summed E-state index contributed by atoms with van der Waals surface area (Å²) in [5.41, 5.74) is 0.331. The van der Waals surface area contributed by atoms with Crippen molar-refractivity contribution in [2.75, 3.05) is 5.75 Å². The Labute approximate surface area is 150 Å². The second kappa shape index (κ2) is 6.84. The molecule has 1 aromatic heterocycles. The van der Waals surface area contributed by atoms with Crippen LogP contribution in [-0.2, 0) is 16.1 Å². The summed E-state index contributed by atoms with van der Waals surface area (Å²) >= 11 is 1.35. The van der Waals surface area contributed by atoms with Gasteiger partial charge in [-0.25, -0.2) is 0 Å². The summed E-state index contributed by atoms with van der Waals surface area (Å²) in [5, 5.41) is 8.68. The van der Waals surface area contributed by atoms with Crippen LogP contribution in [0.4, 0.5) is 0 Å². The standard InChI is InChI=1S/C18H19N3O3S/c1-18(2,3)13(22)9-16-21(15(23)11-25-16)10-14-19-20-17(24-14)12-7-5-4-6-8-12/h4-9H,10-11H2,1-3H3/b16-9-. The molecule has 0 aliphatic carbocycles. The molecule has 0 atom stereocenters. The van der Waals surface area contributed by atoms with Crippen molar-refractivity contribution in [3.8, 4) is 11.5 Å². The van der Waals surface area contributed by atoms with Crippen LogP contribution in [-0.4, -0.2) is 32.5 Å². The van der Waals surface area contributed by atoms with E-state index in [0.29, 0.717) is 22.6 Å². The van der Waals surface area contributed by atoms with Crippen molar-refractivity contribution >= 4 is 23.5 Å². The number of aromatic nitrogens is 2. The number of thioether (sulfide) groups is 1. The van der Waals surface area contributed by atoms with E-state index in [1.165, 1.54) is 22.7 Å². The summed E-state index contributed by atoms with van der Waals surface area (Å²) < 4.78 is 5.66. The number of carbonyl (C=O) groups excluding carboxylic acids is 2. The Balaban J connectivity index is 1.79. The quantitative estimate of drug-likeness (QED) is 0.782. The van der Waals surface area contributed by atoms with E-state index in [0.717, 1.165) is 5.56 Å². The number of hydrogen-bond donors (Lipinski definition) is 0.